The highest BCUT2D eigenvalue weighted by atomic mass is 16.2. The average molecular weight is 392 g/mol. The number of fused-ring (bicyclic) bond motifs is 1. The van der Waals surface area contributed by atoms with Crippen LogP contribution in [0.5, 0.6) is 0 Å². The summed E-state index contributed by atoms with van der Waals surface area (Å²) in [6.07, 6.45) is 7.74. The molecular formula is C23H29N5O. The molecule has 2 aromatic heterocycles. The van der Waals surface area contributed by atoms with Gasteiger partial charge in [-0.2, -0.15) is 5.10 Å². The summed E-state index contributed by atoms with van der Waals surface area (Å²) in [6.45, 7) is 9.16. The third-order valence-electron chi connectivity index (χ3n) is 5.25. The zero-order valence-electron chi connectivity index (χ0n) is 17.5. The van der Waals surface area contributed by atoms with E-state index in [9.17, 15) is 4.79 Å². The summed E-state index contributed by atoms with van der Waals surface area (Å²) in [5, 5.41) is 11.0. The molecule has 0 spiro atoms. The fraction of sp³-hybridized carbons (Fsp3) is 0.435. The number of piperidine rings is 1. The van der Waals surface area contributed by atoms with E-state index in [0.717, 1.165) is 41.7 Å². The minimum Gasteiger partial charge on any atom is -0.346 e. The first kappa shape index (κ1) is 19.6. The van der Waals surface area contributed by atoms with Crippen LogP contribution in [0.15, 0.2) is 36.7 Å². The molecule has 0 aliphatic carbocycles. The summed E-state index contributed by atoms with van der Waals surface area (Å²) in [7, 11) is 0. The Morgan fingerprint density at radius 2 is 1.90 bits per heavy atom. The number of H-pyrrole nitrogens is 1. The van der Waals surface area contributed by atoms with E-state index in [-0.39, 0.29) is 11.4 Å². The molecule has 0 bridgehead atoms. The number of nitrogens with zero attached hydrogens (tertiary/aromatic N) is 3. The van der Waals surface area contributed by atoms with Crippen LogP contribution < -0.4 is 5.32 Å². The van der Waals surface area contributed by atoms with E-state index >= 15 is 0 Å². The average Bonchev–Trinajstić information content (AvgIpc) is 3.11. The van der Waals surface area contributed by atoms with Gasteiger partial charge in [0.25, 0.3) is 5.91 Å². The van der Waals surface area contributed by atoms with Crippen molar-refractivity contribution in [1.82, 2.24) is 25.4 Å². The minimum absolute atomic E-state index is 0.169. The van der Waals surface area contributed by atoms with Crippen LogP contribution in [0.3, 0.4) is 0 Å². The normalized spacial score (nSPS) is 15.6. The molecule has 1 aliphatic heterocycles. The van der Waals surface area contributed by atoms with Crippen molar-refractivity contribution in [3.05, 3.63) is 47.9 Å². The number of likely N-dealkylation sites (tertiary alicyclic amines) is 1. The molecule has 6 nitrogen and oxygen atoms in total. The fourth-order valence-corrected chi connectivity index (χ4v) is 3.87. The van der Waals surface area contributed by atoms with Crippen molar-refractivity contribution in [2.24, 2.45) is 0 Å². The predicted molar refractivity (Wildman–Crippen MR) is 116 cm³/mol. The zero-order chi connectivity index (χ0) is 20.4. The summed E-state index contributed by atoms with van der Waals surface area (Å²) in [4.78, 5) is 19.6. The maximum Gasteiger partial charge on any atom is 0.272 e. The Balaban J connectivity index is 1.61. The van der Waals surface area contributed by atoms with Crippen LogP contribution in [0.25, 0.3) is 22.0 Å². The highest BCUT2D eigenvalue weighted by molar-refractivity contribution is 6.05. The summed E-state index contributed by atoms with van der Waals surface area (Å²) >= 11 is 0. The Morgan fingerprint density at radius 3 is 2.66 bits per heavy atom. The minimum atomic E-state index is -0.313. The van der Waals surface area contributed by atoms with Gasteiger partial charge in [-0.3, -0.25) is 19.8 Å². The van der Waals surface area contributed by atoms with Gasteiger partial charge in [-0.05, 0) is 76.0 Å². The van der Waals surface area contributed by atoms with E-state index in [1.165, 1.54) is 24.8 Å². The van der Waals surface area contributed by atoms with Crippen molar-refractivity contribution in [2.45, 2.75) is 52.1 Å². The quantitative estimate of drug-likeness (QED) is 0.701. The van der Waals surface area contributed by atoms with Crippen molar-refractivity contribution in [3.8, 4) is 11.1 Å². The number of hydrogen-bond acceptors (Lipinski definition) is 4. The number of benzene rings is 1. The molecule has 1 aromatic carbocycles. The Kier molecular flexibility index (Phi) is 5.37. The van der Waals surface area contributed by atoms with Crippen molar-refractivity contribution < 1.29 is 4.79 Å². The van der Waals surface area contributed by atoms with Crippen LogP contribution in [0.4, 0.5) is 0 Å². The topological polar surface area (TPSA) is 73.9 Å². The van der Waals surface area contributed by atoms with E-state index in [4.69, 9.17) is 0 Å². The summed E-state index contributed by atoms with van der Waals surface area (Å²) < 4.78 is 0. The second kappa shape index (κ2) is 7.95. The first-order chi connectivity index (χ1) is 13.9. The van der Waals surface area contributed by atoms with E-state index in [1.54, 1.807) is 0 Å². The van der Waals surface area contributed by atoms with Gasteiger partial charge in [0.15, 0.2) is 5.69 Å². The lowest BCUT2D eigenvalue weighted by molar-refractivity contribution is 0.0916. The molecule has 3 heterocycles. The van der Waals surface area contributed by atoms with Gasteiger partial charge in [-0.15, -0.1) is 0 Å². The number of nitrogens with one attached hydrogen (secondary N) is 2. The molecule has 2 N–H and O–H groups in total. The number of amides is 1. The molecule has 1 fully saturated rings. The number of aromatic amines is 1. The number of carbonyl (C=O) groups is 1. The molecule has 3 aromatic rings. The second-order valence-electron chi connectivity index (χ2n) is 8.96. The smallest absolute Gasteiger partial charge is 0.272 e. The molecule has 0 saturated carbocycles. The number of aromatic nitrogens is 3. The third kappa shape index (κ3) is 4.65. The van der Waals surface area contributed by atoms with E-state index in [1.807, 2.05) is 51.4 Å². The SMILES string of the molecule is CC(C)(C)NC(=O)c1n[nH]c2ccc(-c3cncc(CN4CCCCC4)c3)cc12. The number of hydrogen-bond donors (Lipinski definition) is 2. The first-order valence-electron chi connectivity index (χ1n) is 10.4. The summed E-state index contributed by atoms with van der Waals surface area (Å²) in [6, 6.07) is 8.26. The number of pyridine rings is 1. The van der Waals surface area contributed by atoms with Crippen LogP contribution >= 0.6 is 0 Å². The molecule has 1 amide bonds. The molecule has 152 valence electrons. The van der Waals surface area contributed by atoms with Crippen LogP contribution in [0.1, 0.15) is 56.1 Å². The Labute approximate surface area is 171 Å². The number of carbonyl (C=O) groups excluding carboxylic acids is 1. The lowest BCUT2D eigenvalue weighted by Crippen LogP contribution is -2.40. The molecule has 0 atom stereocenters. The van der Waals surface area contributed by atoms with E-state index in [0.29, 0.717) is 5.69 Å². The first-order valence-corrected chi connectivity index (χ1v) is 10.4. The van der Waals surface area contributed by atoms with Gasteiger partial charge < -0.3 is 5.32 Å². The second-order valence-corrected chi connectivity index (χ2v) is 8.96. The molecule has 1 aliphatic rings. The maximum absolute atomic E-state index is 12.6. The van der Waals surface area contributed by atoms with Gasteiger partial charge in [-0.1, -0.05) is 12.5 Å². The molecule has 4 rings (SSSR count). The Bertz CT molecular complexity index is 1010. The zero-order valence-corrected chi connectivity index (χ0v) is 17.5. The maximum atomic E-state index is 12.6. The van der Waals surface area contributed by atoms with Gasteiger partial charge in [-0.25, -0.2) is 0 Å². The predicted octanol–water partition coefficient (Wildman–Crippen LogP) is 4.14. The fourth-order valence-electron chi connectivity index (χ4n) is 3.87. The van der Waals surface area contributed by atoms with Crippen LogP contribution in [-0.2, 0) is 6.54 Å². The van der Waals surface area contributed by atoms with Gasteiger partial charge in [0.05, 0.1) is 5.52 Å². The van der Waals surface area contributed by atoms with Crippen molar-refractivity contribution in [1.29, 1.82) is 0 Å². The van der Waals surface area contributed by atoms with Crippen molar-refractivity contribution >= 4 is 16.8 Å². The number of rotatable bonds is 4. The Hall–Kier alpha value is -2.73. The van der Waals surface area contributed by atoms with Crippen LogP contribution in [0, 0.1) is 0 Å². The highest BCUT2D eigenvalue weighted by Gasteiger charge is 2.20. The van der Waals surface area contributed by atoms with E-state index in [2.05, 4.69) is 31.5 Å². The monoisotopic (exact) mass is 391 g/mol. The molecule has 1 saturated heterocycles. The molecule has 6 heteroatoms. The van der Waals surface area contributed by atoms with Crippen molar-refractivity contribution in [2.75, 3.05) is 13.1 Å². The van der Waals surface area contributed by atoms with Crippen molar-refractivity contribution in [3.63, 3.8) is 0 Å². The summed E-state index contributed by atoms with van der Waals surface area (Å²) in [5.41, 5.74) is 4.29. The lowest BCUT2D eigenvalue weighted by atomic mass is 10.0. The Morgan fingerprint density at radius 1 is 1.10 bits per heavy atom. The molecule has 29 heavy (non-hydrogen) atoms. The molecule has 0 unspecified atom stereocenters. The largest absolute Gasteiger partial charge is 0.346 e. The van der Waals surface area contributed by atoms with Crippen LogP contribution in [0.2, 0.25) is 0 Å². The van der Waals surface area contributed by atoms with Gasteiger partial charge in [0, 0.05) is 35.4 Å². The van der Waals surface area contributed by atoms with Crippen LogP contribution in [-0.4, -0.2) is 44.6 Å². The molecule has 0 radical (unpaired) electrons. The highest BCUT2D eigenvalue weighted by Crippen LogP contribution is 2.26. The standard InChI is InChI=1S/C23H29N5O/c1-23(2,3)25-22(29)21-19-12-17(7-8-20(19)26-27-21)18-11-16(13-24-14-18)15-28-9-5-4-6-10-28/h7-8,11-14H,4-6,9-10,15H2,1-3H3,(H,25,29)(H,26,27). The molecular weight excluding hydrogens is 362 g/mol. The van der Waals surface area contributed by atoms with E-state index < -0.39 is 0 Å². The van der Waals surface area contributed by atoms with Gasteiger partial charge in [0.2, 0.25) is 0 Å². The van der Waals surface area contributed by atoms with Gasteiger partial charge in [0.1, 0.15) is 0 Å². The lowest BCUT2D eigenvalue weighted by Gasteiger charge is -2.26. The summed E-state index contributed by atoms with van der Waals surface area (Å²) in [5.74, 6) is -0.169. The third-order valence-corrected chi connectivity index (χ3v) is 5.25. The van der Waals surface area contributed by atoms with Gasteiger partial charge >= 0.3 is 0 Å².